The molecule has 1 atom stereocenters. The predicted octanol–water partition coefficient (Wildman–Crippen LogP) is 4.04. The fraction of sp³-hybridized carbons (Fsp3) is 0.263. The van der Waals surface area contributed by atoms with Crippen molar-refractivity contribution >= 4 is 35.1 Å². The van der Waals surface area contributed by atoms with Crippen molar-refractivity contribution in [2.24, 2.45) is 0 Å². The summed E-state index contributed by atoms with van der Waals surface area (Å²) < 4.78 is 15.4. The van der Waals surface area contributed by atoms with E-state index in [-0.39, 0.29) is 18.6 Å². The molecular weight excluding hydrogens is 393 g/mol. The van der Waals surface area contributed by atoms with Crippen molar-refractivity contribution in [3.05, 3.63) is 57.6 Å². The number of nitrogens with one attached hydrogen (secondary N) is 1. The van der Waals surface area contributed by atoms with Gasteiger partial charge in [-0.25, -0.2) is 4.79 Å². The lowest BCUT2D eigenvalue weighted by atomic mass is 10.1. The molecule has 6 nitrogen and oxygen atoms in total. The van der Waals surface area contributed by atoms with Crippen LogP contribution in [0, 0.1) is 0 Å². The quantitative estimate of drug-likeness (QED) is 0.695. The summed E-state index contributed by atoms with van der Waals surface area (Å²) in [5, 5.41) is 3.68. The van der Waals surface area contributed by atoms with E-state index >= 15 is 0 Å². The number of hydrogen-bond acceptors (Lipinski definition) is 5. The Balaban J connectivity index is 1.98. The summed E-state index contributed by atoms with van der Waals surface area (Å²) in [6.07, 6.45) is 0. The first-order chi connectivity index (χ1) is 12.8. The van der Waals surface area contributed by atoms with Crippen molar-refractivity contribution in [3.63, 3.8) is 0 Å². The second-order valence-corrected chi connectivity index (χ2v) is 6.42. The van der Waals surface area contributed by atoms with Crippen LogP contribution in [-0.2, 0) is 9.53 Å². The van der Waals surface area contributed by atoms with Gasteiger partial charge in [-0.2, -0.15) is 0 Å². The first-order valence-corrected chi connectivity index (χ1v) is 8.74. The Bertz CT molecular complexity index is 841. The molecule has 144 valence electrons. The van der Waals surface area contributed by atoms with Crippen molar-refractivity contribution in [2.75, 3.05) is 20.8 Å². The lowest BCUT2D eigenvalue weighted by molar-refractivity contribution is -0.123. The van der Waals surface area contributed by atoms with Crippen LogP contribution in [-0.4, -0.2) is 32.7 Å². The number of hydrogen-bond donors (Lipinski definition) is 1. The molecule has 0 saturated heterocycles. The van der Waals surface area contributed by atoms with Crippen LogP contribution >= 0.6 is 23.2 Å². The highest BCUT2D eigenvalue weighted by atomic mass is 35.5. The monoisotopic (exact) mass is 411 g/mol. The molecule has 0 aliphatic carbocycles. The van der Waals surface area contributed by atoms with E-state index in [1.54, 1.807) is 24.3 Å². The van der Waals surface area contributed by atoms with Crippen molar-refractivity contribution in [1.82, 2.24) is 5.32 Å². The van der Waals surface area contributed by atoms with Crippen LogP contribution in [0.4, 0.5) is 0 Å². The van der Waals surface area contributed by atoms with E-state index in [9.17, 15) is 9.59 Å². The molecule has 1 amide bonds. The third-order valence-electron chi connectivity index (χ3n) is 3.76. The van der Waals surface area contributed by atoms with Gasteiger partial charge in [-0.15, -0.1) is 0 Å². The molecule has 0 radical (unpaired) electrons. The number of halogens is 2. The van der Waals surface area contributed by atoms with Gasteiger partial charge in [-0.3, -0.25) is 4.79 Å². The van der Waals surface area contributed by atoms with E-state index in [0.717, 1.165) is 5.56 Å². The number of carbonyl (C=O) groups is 2. The molecule has 2 aromatic rings. The number of rotatable bonds is 7. The van der Waals surface area contributed by atoms with E-state index in [4.69, 9.17) is 32.7 Å². The smallest absolute Gasteiger partial charge is 0.337 e. The van der Waals surface area contributed by atoms with E-state index in [1.165, 1.54) is 26.4 Å². The minimum Gasteiger partial charge on any atom is -0.493 e. The van der Waals surface area contributed by atoms with Gasteiger partial charge in [0, 0.05) is 0 Å². The maximum atomic E-state index is 12.2. The minimum absolute atomic E-state index is 0.223. The van der Waals surface area contributed by atoms with Gasteiger partial charge in [0.1, 0.15) is 0 Å². The molecule has 0 bridgehead atoms. The van der Waals surface area contributed by atoms with Crippen LogP contribution < -0.4 is 14.8 Å². The molecule has 1 N–H and O–H groups in total. The van der Waals surface area contributed by atoms with Gasteiger partial charge in [0.25, 0.3) is 5.91 Å². The second kappa shape index (κ2) is 9.48. The highest BCUT2D eigenvalue weighted by molar-refractivity contribution is 6.42. The minimum atomic E-state index is -0.493. The van der Waals surface area contributed by atoms with Gasteiger partial charge in [-0.05, 0) is 42.8 Å². The number of methoxy groups -OCH3 is 2. The molecule has 2 rings (SSSR count). The maximum Gasteiger partial charge on any atom is 0.337 e. The van der Waals surface area contributed by atoms with Crippen molar-refractivity contribution in [2.45, 2.75) is 13.0 Å². The zero-order valence-electron chi connectivity index (χ0n) is 15.0. The predicted molar refractivity (Wildman–Crippen MR) is 103 cm³/mol. The highest BCUT2D eigenvalue weighted by Gasteiger charge is 2.15. The van der Waals surface area contributed by atoms with Crippen LogP contribution in [0.5, 0.6) is 11.5 Å². The number of carbonyl (C=O) groups excluding carboxylic acids is 2. The summed E-state index contributed by atoms with van der Waals surface area (Å²) in [6, 6.07) is 9.43. The molecule has 0 aromatic heterocycles. The fourth-order valence-corrected chi connectivity index (χ4v) is 2.63. The van der Waals surface area contributed by atoms with Gasteiger partial charge in [-0.1, -0.05) is 29.3 Å². The molecule has 0 heterocycles. The third kappa shape index (κ3) is 5.52. The summed E-state index contributed by atoms with van der Waals surface area (Å²) in [6.45, 7) is 1.60. The molecule has 0 unspecified atom stereocenters. The molecular formula is C19H19Cl2NO5. The normalized spacial score (nSPS) is 11.4. The standard InChI is InChI=1S/C19H19Cl2NO5/c1-11(12-4-6-14(20)15(21)8-12)22-18(23)10-27-16-7-5-13(19(24)26-3)9-17(16)25-2/h4-9,11H,10H2,1-3H3,(H,22,23)/t11-/m1/s1. The third-order valence-corrected chi connectivity index (χ3v) is 4.50. The van der Waals surface area contributed by atoms with Crippen molar-refractivity contribution in [1.29, 1.82) is 0 Å². The fourth-order valence-electron chi connectivity index (χ4n) is 2.32. The molecule has 0 aliphatic heterocycles. The summed E-state index contributed by atoms with van der Waals surface area (Å²) >= 11 is 11.9. The summed E-state index contributed by atoms with van der Waals surface area (Å²) in [4.78, 5) is 23.7. The Kier molecular flexibility index (Phi) is 7.33. The molecule has 0 saturated carbocycles. The molecule has 2 aromatic carbocycles. The first-order valence-electron chi connectivity index (χ1n) is 7.99. The van der Waals surface area contributed by atoms with Crippen LogP contribution in [0.2, 0.25) is 10.0 Å². The molecule has 8 heteroatoms. The highest BCUT2D eigenvalue weighted by Crippen LogP contribution is 2.28. The Hall–Kier alpha value is -2.44. The van der Waals surface area contributed by atoms with Gasteiger partial charge in [0.2, 0.25) is 0 Å². The molecule has 0 spiro atoms. The Morgan fingerprint density at radius 2 is 1.78 bits per heavy atom. The summed E-state index contributed by atoms with van der Waals surface area (Å²) in [7, 11) is 2.73. The second-order valence-electron chi connectivity index (χ2n) is 5.61. The van der Waals surface area contributed by atoms with Crippen LogP contribution in [0.3, 0.4) is 0 Å². The maximum absolute atomic E-state index is 12.2. The summed E-state index contributed by atoms with van der Waals surface area (Å²) in [5.41, 5.74) is 1.14. The van der Waals surface area contributed by atoms with E-state index in [2.05, 4.69) is 10.1 Å². The Labute approximate surface area is 167 Å². The topological polar surface area (TPSA) is 73.9 Å². The molecule has 27 heavy (non-hydrogen) atoms. The van der Waals surface area contributed by atoms with Gasteiger partial charge in [0.05, 0.1) is 35.9 Å². The number of benzene rings is 2. The van der Waals surface area contributed by atoms with Crippen LogP contribution in [0.1, 0.15) is 28.9 Å². The van der Waals surface area contributed by atoms with Crippen molar-refractivity contribution < 1.29 is 23.8 Å². The van der Waals surface area contributed by atoms with E-state index in [1.807, 2.05) is 6.92 Å². The van der Waals surface area contributed by atoms with Gasteiger partial charge in [0.15, 0.2) is 18.1 Å². The average molecular weight is 412 g/mol. The largest absolute Gasteiger partial charge is 0.493 e. The molecule has 0 aliphatic rings. The average Bonchev–Trinajstić information content (AvgIpc) is 2.67. The lowest BCUT2D eigenvalue weighted by Crippen LogP contribution is -2.31. The van der Waals surface area contributed by atoms with Gasteiger partial charge < -0.3 is 19.5 Å². The Morgan fingerprint density at radius 3 is 2.41 bits per heavy atom. The number of esters is 1. The van der Waals surface area contributed by atoms with E-state index < -0.39 is 5.97 Å². The zero-order valence-corrected chi connectivity index (χ0v) is 16.6. The first kappa shape index (κ1) is 20.9. The van der Waals surface area contributed by atoms with E-state index in [0.29, 0.717) is 27.1 Å². The Morgan fingerprint density at radius 1 is 1.04 bits per heavy atom. The van der Waals surface area contributed by atoms with Crippen LogP contribution in [0.25, 0.3) is 0 Å². The summed E-state index contributed by atoms with van der Waals surface area (Å²) in [5.74, 6) is -0.161. The van der Waals surface area contributed by atoms with Gasteiger partial charge >= 0.3 is 5.97 Å². The SMILES string of the molecule is COC(=O)c1ccc(OCC(=O)N[C@H](C)c2ccc(Cl)c(Cl)c2)c(OC)c1. The molecule has 0 fully saturated rings. The van der Waals surface area contributed by atoms with Crippen LogP contribution in [0.15, 0.2) is 36.4 Å². The van der Waals surface area contributed by atoms with Crippen molar-refractivity contribution in [3.8, 4) is 11.5 Å². The number of ether oxygens (including phenoxy) is 3. The number of amides is 1. The lowest BCUT2D eigenvalue weighted by Gasteiger charge is -2.16. The zero-order chi connectivity index (χ0) is 20.0.